The van der Waals surface area contributed by atoms with E-state index in [1.165, 1.54) is 6.07 Å². The predicted molar refractivity (Wildman–Crippen MR) is 106 cm³/mol. The molecule has 28 heavy (non-hydrogen) atoms. The lowest BCUT2D eigenvalue weighted by Crippen LogP contribution is -2.16. The van der Waals surface area contributed by atoms with Gasteiger partial charge in [-0.05, 0) is 60.7 Å². The molecule has 0 fully saturated rings. The van der Waals surface area contributed by atoms with Crippen LogP contribution in [0.15, 0.2) is 30.3 Å². The highest BCUT2D eigenvalue weighted by Gasteiger charge is 2.24. The minimum Gasteiger partial charge on any atom is -0.481 e. The van der Waals surface area contributed by atoms with E-state index in [1.807, 2.05) is 26.0 Å². The van der Waals surface area contributed by atoms with Crippen molar-refractivity contribution in [3.63, 3.8) is 0 Å². The minimum atomic E-state index is -1.87. The number of aliphatic carboxylic acids is 1. The maximum atomic E-state index is 13.6. The summed E-state index contributed by atoms with van der Waals surface area (Å²) in [6.45, 7) is 5.87. The Hall–Kier alpha value is -2.14. The Bertz CT molecular complexity index is 881. The molecule has 2 rings (SSSR count). The monoisotopic (exact) mass is 407 g/mol. The van der Waals surface area contributed by atoms with Crippen LogP contribution in [0.1, 0.15) is 28.7 Å². The number of hydrogen-bond donors (Lipinski definition) is 2. The summed E-state index contributed by atoms with van der Waals surface area (Å²) in [5, 5.41) is 18.2. The average molecular weight is 407 g/mol. The Morgan fingerprint density at radius 1 is 1.18 bits per heavy atom. The Morgan fingerprint density at radius 3 is 2.54 bits per heavy atom. The summed E-state index contributed by atoms with van der Waals surface area (Å²) < 4.78 is 31.3. The Labute approximate surface area is 165 Å². The van der Waals surface area contributed by atoms with Crippen LogP contribution in [-0.2, 0) is 20.7 Å². The molecule has 0 spiro atoms. The van der Waals surface area contributed by atoms with E-state index in [-0.39, 0.29) is 24.9 Å². The molecule has 0 saturated heterocycles. The van der Waals surface area contributed by atoms with Crippen LogP contribution in [0.3, 0.4) is 0 Å². The first-order valence-corrected chi connectivity index (χ1v) is 10.6. The van der Waals surface area contributed by atoms with Crippen molar-refractivity contribution in [1.29, 1.82) is 0 Å². The van der Waals surface area contributed by atoms with Crippen LogP contribution >= 0.6 is 7.80 Å². The molecule has 0 aliphatic heterocycles. The van der Waals surface area contributed by atoms with Gasteiger partial charge in [0.2, 0.25) is 6.35 Å². The van der Waals surface area contributed by atoms with Gasteiger partial charge < -0.3 is 14.9 Å². The fraction of sp³-hybridized carbons (Fsp3) is 0.381. The molecule has 0 aliphatic carbocycles. The third-order valence-corrected chi connectivity index (χ3v) is 5.69. The number of hydrogen-bond acceptors (Lipinski definition) is 4. The fourth-order valence-electron chi connectivity index (χ4n) is 3.06. The van der Waals surface area contributed by atoms with Gasteiger partial charge in [0.1, 0.15) is 11.9 Å². The summed E-state index contributed by atoms with van der Waals surface area (Å²) in [6, 6.07) is 8.98. The second-order valence-electron chi connectivity index (χ2n) is 6.97. The number of halogens is 1. The number of rotatable bonds is 9. The van der Waals surface area contributed by atoms with E-state index in [0.29, 0.717) is 5.56 Å². The van der Waals surface area contributed by atoms with Crippen molar-refractivity contribution < 1.29 is 28.7 Å². The first-order valence-electron chi connectivity index (χ1n) is 8.93. The van der Waals surface area contributed by atoms with E-state index in [9.17, 15) is 18.9 Å². The molecular weight excluding hydrogens is 382 g/mol. The van der Waals surface area contributed by atoms with Crippen molar-refractivity contribution in [2.75, 3.05) is 12.5 Å². The molecule has 2 atom stereocenters. The number of benzene rings is 2. The molecule has 7 heteroatoms. The third-order valence-electron chi connectivity index (χ3n) is 4.39. The van der Waals surface area contributed by atoms with Gasteiger partial charge in [-0.3, -0.25) is 4.79 Å². The summed E-state index contributed by atoms with van der Waals surface area (Å²) in [7, 11) is -1.87. The van der Waals surface area contributed by atoms with E-state index in [0.717, 1.165) is 27.8 Å². The summed E-state index contributed by atoms with van der Waals surface area (Å²) >= 11 is 0. The zero-order valence-corrected chi connectivity index (χ0v) is 17.1. The van der Waals surface area contributed by atoms with Gasteiger partial charge in [0.05, 0.1) is 13.0 Å². The standard InChI is InChI=1S/C21H24FO5P/c1-13-6-14(2)19(10-27-12-28(26)11-17(23)9-21(24)25)18(7-13)16-4-5-20(22)15(3)8-16/h4-8,17,23H,9-12H2,1-3H3/p+1/t17-/m0/s1. The summed E-state index contributed by atoms with van der Waals surface area (Å²) in [6.07, 6.45) is -1.77. The number of aliphatic hydroxyl groups is 1. The molecule has 0 bridgehead atoms. The van der Waals surface area contributed by atoms with Crippen molar-refractivity contribution in [2.45, 2.75) is 39.9 Å². The topological polar surface area (TPSA) is 83.8 Å². The second kappa shape index (κ2) is 9.87. The van der Waals surface area contributed by atoms with Gasteiger partial charge in [-0.1, -0.05) is 28.3 Å². The molecule has 5 nitrogen and oxygen atoms in total. The highest BCUT2D eigenvalue weighted by atomic mass is 31.1. The smallest absolute Gasteiger partial charge is 0.369 e. The quantitative estimate of drug-likeness (QED) is 0.596. The van der Waals surface area contributed by atoms with Crippen LogP contribution in [0, 0.1) is 26.6 Å². The zero-order chi connectivity index (χ0) is 20.8. The van der Waals surface area contributed by atoms with Crippen LogP contribution in [-0.4, -0.2) is 34.8 Å². The Kier molecular flexibility index (Phi) is 7.81. The number of carboxylic acids is 1. The molecule has 2 aromatic rings. The van der Waals surface area contributed by atoms with Crippen LogP contribution in [0.2, 0.25) is 0 Å². The summed E-state index contributed by atoms with van der Waals surface area (Å²) in [4.78, 5) is 10.6. The highest BCUT2D eigenvalue weighted by Crippen LogP contribution is 2.31. The van der Waals surface area contributed by atoms with E-state index in [1.54, 1.807) is 19.1 Å². The maximum Gasteiger partial charge on any atom is 0.369 e. The second-order valence-corrected chi connectivity index (χ2v) is 8.55. The Balaban J connectivity index is 2.12. The van der Waals surface area contributed by atoms with Crippen LogP contribution in [0.5, 0.6) is 0 Å². The molecule has 0 amide bonds. The van der Waals surface area contributed by atoms with E-state index < -0.39 is 26.3 Å². The third kappa shape index (κ3) is 6.20. The van der Waals surface area contributed by atoms with Crippen molar-refractivity contribution in [3.05, 3.63) is 58.4 Å². The van der Waals surface area contributed by atoms with Crippen molar-refractivity contribution in [3.8, 4) is 11.1 Å². The zero-order valence-electron chi connectivity index (χ0n) is 16.2. The molecule has 2 N–H and O–H groups in total. The SMILES string of the molecule is Cc1cc(C)c(COC[P+](=O)C[C@@H](O)CC(=O)O)c(-c2ccc(F)c(C)c2)c1. The highest BCUT2D eigenvalue weighted by molar-refractivity contribution is 7.44. The number of carboxylic acid groups (broad SMARTS) is 1. The molecule has 0 radical (unpaired) electrons. The molecule has 2 aromatic carbocycles. The fourth-order valence-corrected chi connectivity index (χ4v) is 4.06. The molecule has 0 saturated carbocycles. The summed E-state index contributed by atoms with van der Waals surface area (Å²) in [5.74, 6) is -1.39. The van der Waals surface area contributed by atoms with E-state index in [2.05, 4.69) is 0 Å². The Morgan fingerprint density at radius 2 is 1.89 bits per heavy atom. The van der Waals surface area contributed by atoms with Gasteiger partial charge in [-0.2, -0.15) is 0 Å². The summed E-state index contributed by atoms with van der Waals surface area (Å²) in [5.41, 5.74) is 5.37. The number of carbonyl (C=O) groups is 1. The number of aliphatic hydroxyl groups excluding tert-OH is 1. The lowest BCUT2D eigenvalue weighted by atomic mass is 9.93. The van der Waals surface area contributed by atoms with Crippen molar-refractivity contribution in [2.24, 2.45) is 0 Å². The first-order chi connectivity index (χ1) is 13.2. The van der Waals surface area contributed by atoms with Crippen LogP contribution < -0.4 is 0 Å². The van der Waals surface area contributed by atoms with Gasteiger partial charge in [-0.25, -0.2) is 4.39 Å². The molecule has 0 aliphatic rings. The molecule has 0 aromatic heterocycles. The van der Waals surface area contributed by atoms with E-state index >= 15 is 0 Å². The molecule has 1 unspecified atom stereocenters. The molecule has 150 valence electrons. The lowest BCUT2D eigenvalue weighted by molar-refractivity contribution is -0.138. The van der Waals surface area contributed by atoms with Crippen LogP contribution in [0.4, 0.5) is 4.39 Å². The maximum absolute atomic E-state index is 13.6. The molecular formula is C21H25FO5P+. The van der Waals surface area contributed by atoms with Gasteiger partial charge in [-0.15, -0.1) is 0 Å². The normalized spacial score (nSPS) is 12.7. The van der Waals surface area contributed by atoms with Gasteiger partial charge in [0.15, 0.2) is 6.16 Å². The van der Waals surface area contributed by atoms with Gasteiger partial charge in [0, 0.05) is 0 Å². The van der Waals surface area contributed by atoms with Gasteiger partial charge >= 0.3 is 13.8 Å². The largest absolute Gasteiger partial charge is 0.481 e. The number of ether oxygens (including phenoxy) is 1. The molecule has 0 heterocycles. The van der Waals surface area contributed by atoms with E-state index in [4.69, 9.17) is 9.84 Å². The van der Waals surface area contributed by atoms with Crippen LogP contribution in [0.25, 0.3) is 11.1 Å². The number of aryl methyl sites for hydroxylation is 3. The predicted octanol–water partition coefficient (Wildman–Crippen LogP) is 4.56. The van der Waals surface area contributed by atoms with Crippen molar-refractivity contribution in [1.82, 2.24) is 0 Å². The van der Waals surface area contributed by atoms with Gasteiger partial charge in [0.25, 0.3) is 0 Å². The average Bonchev–Trinajstić information content (AvgIpc) is 2.58. The lowest BCUT2D eigenvalue weighted by Gasteiger charge is -2.15. The van der Waals surface area contributed by atoms with Crippen molar-refractivity contribution >= 4 is 13.8 Å². The first kappa shape index (κ1) is 22.2. The minimum absolute atomic E-state index is 0.0682.